The van der Waals surface area contributed by atoms with E-state index in [2.05, 4.69) is 6.58 Å². The van der Waals surface area contributed by atoms with Crippen LogP contribution in [0.3, 0.4) is 0 Å². The first-order valence-corrected chi connectivity index (χ1v) is 5.66. The molecule has 0 atom stereocenters. The molecule has 80 valence electrons. The van der Waals surface area contributed by atoms with E-state index in [1.54, 1.807) is 6.92 Å². The molecule has 0 aromatic heterocycles. The highest BCUT2D eigenvalue weighted by molar-refractivity contribution is 6.36. The van der Waals surface area contributed by atoms with Gasteiger partial charge in [-0.1, -0.05) is 19.0 Å². The lowest BCUT2D eigenvalue weighted by atomic mass is 10.3. The summed E-state index contributed by atoms with van der Waals surface area (Å²) in [6, 6.07) is -1.70. The number of carbonyl (C=O) groups is 1. The van der Waals surface area contributed by atoms with Gasteiger partial charge in [-0.25, -0.2) is 13.6 Å². The maximum absolute atomic E-state index is 11.7. The summed E-state index contributed by atoms with van der Waals surface area (Å²) in [6.45, 7) is 5.28. The molecule has 0 saturated heterocycles. The average Bonchev–Trinajstić information content (AvgIpc) is 2.09. The van der Waals surface area contributed by atoms with Gasteiger partial charge in [-0.15, -0.1) is 0 Å². The normalized spacial score (nSPS) is 10.3. The van der Waals surface area contributed by atoms with E-state index in [0.717, 1.165) is 0 Å². The van der Waals surface area contributed by atoms with E-state index in [9.17, 15) is 13.6 Å². The Hall–Kier alpha value is -0.713. The number of esters is 1. The summed E-state index contributed by atoms with van der Waals surface area (Å²) in [5.74, 6) is -0.415. The first kappa shape index (κ1) is 13.3. The summed E-state index contributed by atoms with van der Waals surface area (Å²) in [5, 5.41) is 0. The second-order valence-electron chi connectivity index (χ2n) is 2.88. The van der Waals surface area contributed by atoms with Crippen molar-refractivity contribution in [2.45, 2.75) is 31.9 Å². The standard InChI is InChI=1S/C9H14F2O2Si/c1-7(2)8(12)13-5-3-4-6-14-9(10)11/h9H,1,3-6H2,2H3. The van der Waals surface area contributed by atoms with Gasteiger partial charge in [-0.2, -0.15) is 0 Å². The number of hydrogen-bond acceptors (Lipinski definition) is 2. The minimum atomic E-state index is -2.20. The molecule has 0 aromatic carbocycles. The molecule has 0 rings (SSSR count). The van der Waals surface area contributed by atoms with Gasteiger partial charge >= 0.3 is 5.97 Å². The fourth-order valence-electron chi connectivity index (χ4n) is 0.726. The molecule has 0 spiro atoms. The zero-order valence-electron chi connectivity index (χ0n) is 8.19. The highest BCUT2D eigenvalue weighted by atomic mass is 28.2. The third kappa shape index (κ3) is 7.91. The van der Waals surface area contributed by atoms with E-state index in [-0.39, 0.29) is 9.52 Å². The van der Waals surface area contributed by atoms with Crippen LogP contribution >= 0.6 is 0 Å². The first-order valence-electron chi connectivity index (χ1n) is 4.38. The lowest BCUT2D eigenvalue weighted by Gasteiger charge is -2.03. The number of rotatable bonds is 7. The van der Waals surface area contributed by atoms with E-state index in [1.807, 2.05) is 0 Å². The number of carbonyl (C=O) groups excluding carboxylic acids is 1. The Balaban J connectivity index is 3.22. The summed E-state index contributed by atoms with van der Waals surface area (Å²) >= 11 is 0. The van der Waals surface area contributed by atoms with Gasteiger partial charge in [0.15, 0.2) is 0 Å². The topological polar surface area (TPSA) is 26.3 Å². The second-order valence-corrected chi connectivity index (χ2v) is 4.22. The van der Waals surface area contributed by atoms with Gasteiger partial charge in [0.25, 0.3) is 0 Å². The van der Waals surface area contributed by atoms with Gasteiger partial charge < -0.3 is 4.74 Å². The Morgan fingerprint density at radius 3 is 2.64 bits per heavy atom. The summed E-state index contributed by atoms with van der Waals surface area (Å²) < 4.78 is 28.2. The molecule has 5 heteroatoms. The number of hydrogen-bond donors (Lipinski definition) is 0. The van der Waals surface area contributed by atoms with Gasteiger partial charge in [0, 0.05) is 5.57 Å². The molecule has 0 N–H and O–H groups in total. The zero-order valence-corrected chi connectivity index (χ0v) is 9.19. The van der Waals surface area contributed by atoms with Crippen molar-refractivity contribution in [1.29, 1.82) is 0 Å². The molecule has 14 heavy (non-hydrogen) atoms. The van der Waals surface area contributed by atoms with Crippen LogP contribution in [0.1, 0.15) is 19.8 Å². The maximum atomic E-state index is 11.7. The Bertz CT molecular complexity index is 195. The van der Waals surface area contributed by atoms with E-state index in [0.29, 0.717) is 31.1 Å². The Morgan fingerprint density at radius 1 is 1.50 bits per heavy atom. The van der Waals surface area contributed by atoms with Crippen molar-refractivity contribution in [3.63, 3.8) is 0 Å². The van der Waals surface area contributed by atoms with Crippen molar-refractivity contribution in [2.75, 3.05) is 6.61 Å². The SMILES string of the molecule is C=C(C)C(=O)OCCCC[Si]C(F)F. The lowest BCUT2D eigenvalue weighted by Crippen LogP contribution is -2.07. The number of alkyl halides is 2. The average molecular weight is 220 g/mol. The molecule has 0 aliphatic rings. The van der Waals surface area contributed by atoms with Crippen molar-refractivity contribution >= 4 is 15.5 Å². The van der Waals surface area contributed by atoms with Gasteiger partial charge in [0.2, 0.25) is 6.05 Å². The summed E-state index contributed by atoms with van der Waals surface area (Å²) in [7, 11) is -0.302. The van der Waals surface area contributed by atoms with Gasteiger partial charge in [-0.05, 0) is 13.3 Å². The second kappa shape index (κ2) is 7.67. The molecule has 0 bridgehead atoms. The maximum Gasteiger partial charge on any atom is 0.333 e. The van der Waals surface area contributed by atoms with E-state index in [1.165, 1.54) is 0 Å². The Labute approximate surface area is 85.1 Å². The summed E-state index contributed by atoms with van der Waals surface area (Å²) in [5.41, 5.74) is 0.361. The van der Waals surface area contributed by atoms with Crippen LogP contribution in [0.2, 0.25) is 6.04 Å². The van der Waals surface area contributed by atoms with Crippen LogP contribution in [0.15, 0.2) is 12.2 Å². The minimum absolute atomic E-state index is 0.291. The van der Waals surface area contributed by atoms with Gasteiger partial charge in [0.1, 0.15) is 9.52 Å². The van der Waals surface area contributed by atoms with Crippen molar-refractivity contribution in [3.05, 3.63) is 12.2 Å². The molecule has 0 amide bonds. The minimum Gasteiger partial charge on any atom is -0.462 e. The number of unbranched alkanes of at least 4 members (excludes halogenated alkanes) is 1. The number of halogens is 2. The van der Waals surface area contributed by atoms with E-state index in [4.69, 9.17) is 4.74 Å². The molecule has 2 radical (unpaired) electrons. The van der Waals surface area contributed by atoms with Crippen LogP contribution in [0, 0.1) is 0 Å². The van der Waals surface area contributed by atoms with Crippen molar-refractivity contribution in [2.24, 2.45) is 0 Å². The molecule has 0 aliphatic carbocycles. The zero-order chi connectivity index (χ0) is 11.0. The van der Waals surface area contributed by atoms with Gasteiger partial charge in [-0.3, -0.25) is 0 Å². The largest absolute Gasteiger partial charge is 0.462 e. The van der Waals surface area contributed by atoms with Crippen LogP contribution < -0.4 is 0 Å². The van der Waals surface area contributed by atoms with Crippen molar-refractivity contribution in [1.82, 2.24) is 0 Å². The highest BCUT2D eigenvalue weighted by Gasteiger charge is 2.04. The van der Waals surface area contributed by atoms with Crippen LogP contribution in [0.5, 0.6) is 0 Å². The summed E-state index contributed by atoms with van der Waals surface area (Å²) in [6.07, 6.45) is 1.31. The van der Waals surface area contributed by atoms with Crippen LogP contribution in [0.4, 0.5) is 8.78 Å². The van der Waals surface area contributed by atoms with Crippen LogP contribution in [-0.4, -0.2) is 28.1 Å². The first-order chi connectivity index (χ1) is 6.54. The third-order valence-electron chi connectivity index (χ3n) is 1.45. The van der Waals surface area contributed by atoms with E-state index >= 15 is 0 Å². The molecular formula is C9H14F2O2Si. The molecule has 0 unspecified atom stereocenters. The van der Waals surface area contributed by atoms with Crippen molar-refractivity contribution in [3.8, 4) is 0 Å². The highest BCUT2D eigenvalue weighted by Crippen LogP contribution is 2.01. The molecule has 2 nitrogen and oxygen atoms in total. The summed E-state index contributed by atoms with van der Waals surface area (Å²) in [4.78, 5) is 10.8. The smallest absolute Gasteiger partial charge is 0.333 e. The predicted octanol–water partition coefficient (Wildman–Crippen LogP) is 2.23. The molecule has 0 saturated carbocycles. The number of ether oxygens (including phenoxy) is 1. The molecule has 0 aromatic rings. The monoisotopic (exact) mass is 220 g/mol. The molecule has 0 fully saturated rings. The quantitative estimate of drug-likeness (QED) is 0.285. The van der Waals surface area contributed by atoms with Gasteiger partial charge in [0.05, 0.1) is 6.61 Å². The lowest BCUT2D eigenvalue weighted by molar-refractivity contribution is -0.139. The fourth-order valence-corrected chi connectivity index (χ4v) is 1.40. The molecule has 0 aliphatic heterocycles. The van der Waals surface area contributed by atoms with Crippen LogP contribution in [-0.2, 0) is 9.53 Å². The Kier molecular flexibility index (Phi) is 7.28. The third-order valence-corrected chi connectivity index (χ3v) is 2.40. The fraction of sp³-hybridized carbons (Fsp3) is 0.667. The Morgan fingerprint density at radius 2 is 2.14 bits per heavy atom. The van der Waals surface area contributed by atoms with Crippen LogP contribution in [0.25, 0.3) is 0 Å². The molecule has 0 heterocycles. The molecular weight excluding hydrogens is 206 g/mol. The van der Waals surface area contributed by atoms with Crippen molar-refractivity contribution < 1.29 is 18.3 Å². The predicted molar refractivity (Wildman–Crippen MR) is 51.6 cm³/mol. The van der Waals surface area contributed by atoms with E-state index < -0.39 is 12.0 Å².